The first-order valence-corrected chi connectivity index (χ1v) is 9.79. The highest BCUT2D eigenvalue weighted by Gasteiger charge is 2.54. The van der Waals surface area contributed by atoms with Crippen LogP contribution in [0, 0.1) is 11.3 Å². The predicted octanol–water partition coefficient (Wildman–Crippen LogP) is 4.31. The largest absolute Gasteiger partial charge is 0.387 e. The summed E-state index contributed by atoms with van der Waals surface area (Å²) in [5.41, 5.74) is 1.19. The fourth-order valence-corrected chi connectivity index (χ4v) is 5.86. The van der Waals surface area contributed by atoms with Crippen LogP contribution in [0.3, 0.4) is 0 Å². The molecule has 1 saturated carbocycles. The Morgan fingerprint density at radius 2 is 2.04 bits per heavy atom. The van der Waals surface area contributed by atoms with Crippen molar-refractivity contribution in [1.29, 1.82) is 0 Å². The molecule has 3 atom stereocenters. The number of hydrogen-bond donors (Lipinski definition) is 1. The van der Waals surface area contributed by atoms with E-state index in [-0.39, 0.29) is 0 Å². The maximum Gasteiger partial charge on any atom is 0.0931 e. The fourth-order valence-electron chi connectivity index (χ4n) is 5.33. The van der Waals surface area contributed by atoms with Gasteiger partial charge in [-0.2, -0.15) is 0 Å². The lowest BCUT2D eigenvalue weighted by Crippen LogP contribution is -2.37. The van der Waals surface area contributed by atoms with Gasteiger partial charge in [-0.25, -0.2) is 0 Å². The lowest BCUT2D eigenvalue weighted by molar-refractivity contribution is -0.00231. The van der Waals surface area contributed by atoms with Crippen molar-refractivity contribution in [3.8, 4) is 0 Å². The molecular weight excluding hydrogens is 345 g/mol. The fraction of sp³-hybridized carbons (Fsp3) is 0.684. The molecule has 3 fully saturated rings. The summed E-state index contributed by atoms with van der Waals surface area (Å²) < 4.78 is 5.62. The third-order valence-electron chi connectivity index (χ3n) is 6.47. The summed E-state index contributed by atoms with van der Waals surface area (Å²) in [6, 6.07) is 5.98. The zero-order chi connectivity index (χ0) is 16.7. The number of likely N-dealkylation sites (tertiary alicyclic amines) is 1. The third kappa shape index (κ3) is 2.99. The number of nitrogens with zero attached hydrogens (tertiary/aromatic N) is 1. The molecule has 4 rings (SSSR count). The highest BCUT2D eigenvalue weighted by atomic mass is 35.5. The Morgan fingerprint density at radius 1 is 1.25 bits per heavy atom. The van der Waals surface area contributed by atoms with E-state index in [0.29, 0.717) is 28.0 Å². The van der Waals surface area contributed by atoms with Crippen molar-refractivity contribution in [3.05, 3.63) is 33.8 Å². The van der Waals surface area contributed by atoms with Gasteiger partial charge in [-0.15, -0.1) is 0 Å². The van der Waals surface area contributed by atoms with Crippen molar-refractivity contribution < 1.29 is 9.84 Å². The number of ether oxygens (including phenoxy) is 1. The molecule has 0 unspecified atom stereocenters. The van der Waals surface area contributed by atoms with Crippen LogP contribution in [0.2, 0.25) is 10.0 Å². The Kier molecular flexibility index (Phi) is 4.83. The average molecular weight is 370 g/mol. The molecule has 1 N–H and O–H groups in total. The van der Waals surface area contributed by atoms with E-state index in [9.17, 15) is 5.11 Å². The molecule has 0 radical (unpaired) electrons. The number of benzene rings is 1. The van der Waals surface area contributed by atoms with Crippen molar-refractivity contribution in [2.45, 2.75) is 44.2 Å². The molecule has 5 heteroatoms. The van der Waals surface area contributed by atoms with Crippen LogP contribution in [-0.2, 0) is 4.74 Å². The highest BCUT2D eigenvalue weighted by Crippen LogP contribution is 2.54. The molecule has 1 aromatic rings. The van der Waals surface area contributed by atoms with Crippen LogP contribution >= 0.6 is 23.2 Å². The number of aliphatic hydroxyl groups excluding tert-OH is 1. The standard InChI is InChI=1S/C19H25Cl2NO2/c20-13-4-5-14(16(21)10-13)18(23)11-22-12-19(6-8-24-9-7-19)15-2-1-3-17(15)22/h4-5,10,15,17-18,23H,1-3,6-9,11-12H2/t15-,17+,18+/m1/s1. The molecule has 2 aliphatic heterocycles. The number of β-amino-alcohol motifs (C(OH)–C–C–N with tert-alkyl or cyclic N) is 1. The van der Waals surface area contributed by atoms with Crippen LogP contribution in [0.5, 0.6) is 0 Å². The minimum atomic E-state index is -0.564. The van der Waals surface area contributed by atoms with Gasteiger partial charge in [-0.3, -0.25) is 4.90 Å². The first kappa shape index (κ1) is 17.1. The number of halogens is 2. The highest BCUT2D eigenvalue weighted by molar-refractivity contribution is 6.35. The molecule has 1 aromatic carbocycles. The van der Waals surface area contributed by atoms with Gasteiger partial charge in [0.25, 0.3) is 0 Å². The summed E-state index contributed by atoms with van der Waals surface area (Å²) in [7, 11) is 0. The second-order valence-electron chi connectivity index (χ2n) is 7.69. The molecule has 2 heterocycles. The van der Waals surface area contributed by atoms with E-state index in [2.05, 4.69) is 4.90 Å². The molecule has 3 nitrogen and oxygen atoms in total. The smallest absolute Gasteiger partial charge is 0.0931 e. The van der Waals surface area contributed by atoms with Crippen LogP contribution in [0.15, 0.2) is 18.2 Å². The molecule has 3 aliphatic rings. The van der Waals surface area contributed by atoms with Crippen molar-refractivity contribution in [2.75, 3.05) is 26.3 Å². The molecule has 2 saturated heterocycles. The second-order valence-corrected chi connectivity index (χ2v) is 8.53. The summed E-state index contributed by atoms with van der Waals surface area (Å²) in [5, 5.41) is 11.9. The first-order valence-electron chi connectivity index (χ1n) is 9.04. The maximum atomic E-state index is 10.8. The van der Waals surface area contributed by atoms with E-state index in [1.165, 1.54) is 32.1 Å². The van der Waals surface area contributed by atoms with Crippen molar-refractivity contribution in [1.82, 2.24) is 4.90 Å². The van der Waals surface area contributed by atoms with Crippen LogP contribution in [0.1, 0.15) is 43.8 Å². The molecule has 1 aliphatic carbocycles. The number of fused-ring (bicyclic) bond motifs is 2. The van der Waals surface area contributed by atoms with Gasteiger partial charge in [-0.1, -0.05) is 35.7 Å². The van der Waals surface area contributed by atoms with Crippen molar-refractivity contribution >= 4 is 23.2 Å². The number of rotatable bonds is 3. The maximum absolute atomic E-state index is 10.8. The summed E-state index contributed by atoms with van der Waals surface area (Å²) in [6.45, 7) is 3.53. The summed E-state index contributed by atoms with van der Waals surface area (Å²) in [5.74, 6) is 0.772. The van der Waals surface area contributed by atoms with Gasteiger partial charge in [0.2, 0.25) is 0 Å². The topological polar surface area (TPSA) is 32.7 Å². The molecule has 0 bridgehead atoms. The molecule has 132 valence electrons. The molecule has 24 heavy (non-hydrogen) atoms. The summed E-state index contributed by atoms with van der Waals surface area (Å²) in [4.78, 5) is 2.53. The monoisotopic (exact) mass is 369 g/mol. The van der Waals surface area contributed by atoms with Crippen LogP contribution in [0.25, 0.3) is 0 Å². The van der Waals surface area contributed by atoms with Gasteiger partial charge in [0.1, 0.15) is 0 Å². The van der Waals surface area contributed by atoms with Gasteiger partial charge in [0.15, 0.2) is 0 Å². The van der Waals surface area contributed by atoms with Gasteiger partial charge in [0, 0.05) is 48.0 Å². The Balaban J connectivity index is 1.51. The second kappa shape index (κ2) is 6.77. The van der Waals surface area contributed by atoms with Gasteiger partial charge in [-0.05, 0) is 49.1 Å². The van der Waals surface area contributed by atoms with E-state index >= 15 is 0 Å². The minimum absolute atomic E-state index is 0.406. The van der Waals surface area contributed by atoms with E-state index < -0.39 is 6.10 Å². The van der Waals surface area contributed by atoms with Crippen molar-refractivity contribution in [2.24, 2.45) is 11.3 Å². The quantitative estimate of drug-likeness (QED) is 0.861. The van der Waals surface area contributed by atoms with E-state index in [1.54, 1.807) is 12.1 Å². The number of hydrogen-bond acceptors (Lipinski definition) is 3. The predicted molar refractivity (Wildman–Crippen MR) is 96.6 cm³/mol. The molecule has 1 spiro atoms. The zero-order valence-electron chi connectivity index (χ0n) is 13.9. The minimum Gasteiger partial charge on any atom is -0.387 e. The molecule has 0 aromatic heterocycles. The van der Waals surface area contributed by atoms with Crippen LogP contribution in [0.4, 0.5) is 0 Å². The lowest BCUT2D eigenvalue weighted by atomic mass is 9.71. The Hall–Kier alpha value is -0.320. The van der Waals surface area contributed by atoms with Crippen molar-refractivity contribution in [3.63, 3.8) is 0 Å². The van der Waals surface area contributed by atoms with E-state index in [4.69, 9.17) is 27.9 Å². The van der Waals surface area contributed by atoms with Gasteiger partial charge < -0.3 is 9.84 Å². The SMILES string of the molecule is O[C@@H](CN1CC2(CCOCC2)[C@@H]2CCC[C@@H]21)c1ccc(Cl)cc1Cl. The zero-order valence-corrected chi connectivity index (χ0v) is 15.4. The molecule has 0 amide bonds. The first-order chi connectivity index (χ1) is 11.6. The Morgan fingerprint density at radius 3 is 2.79 bits per heavy atom. The van der Waals surface area contributed by atoms with Crippen LogP contribution in [-0.4, -0.2) is 42.4 Å². The van der Waals surface area contributed by atoms with Gasteiger partial charge >= 0.3 is 0 Å². The third-order valence-corrected chi connectivity index (χ3v) is 7.03. The Bertz CT molecular complexity index is 603. The van der Waals surface area contributed by atoms with Crippen LogP contribution < -0.4 is 0 Å². The lowest BCUT2D eigenvalue weighted by Gasteiger charge is -2.38. The van der Waals surface area contributed by atoms with E-state index in [1.807, 2.05) is 6.07 Å². The number of aliphatic hydroxyl groups is 1. The average Bonchev–Trinajstić information content (AvgIpc) is 3.13. The van der Waals surface area contributed by atoms with E-state index in [0.717, 1.165) is 31.2 Å². The summed E-state index contributed by atoms with van der Waals surface area (Å²) >= 11 is 12.3. The molecular formula is C19H25Cl2NO2. The Labute approximate surface area is 153 Å². The normalized spacial score (nSPS) is 30.6. The summed E-state index contributed by atoms with van der Waals surface area (Å²) in [6.07, 6.45) is 5.68. The van der Waals surface area contributed by atoms with Gasteiger partial charge in [0.05, 0.1) is 6.10 Å².